The van der Waals surface area contributed by atoms with E-state index in [2.05, 4.69) is 14.0 Å². The minimum Gasteiger partial charge on any atom is -0.366 e. The molecule has 0 radical (unpaired) electrons. The summed E-state index contributed by atoms with van der Waals surface area (Å²) in [5, 5.41) is 0. The van der Waals surface area contributed by atoms with E-state index < -0.39 is 0 Å². The first-order valence-electron chi connectivity index (χ1n) is 1.87. The highest BCUT2D eigenvalue weighted by Crippen LogP contribution is 2.06. The zero-order valence-electron chi connectivity index (χ0n) is 3.73. The van der Waals surface area contributed by atoms with Gasteiger partial charge in [-0.3, -0.25) is 0 Å². The van der Waals surface area contributed by atoms with Crippen LogP contribution in [0.25, 0.3) is 0 Å². The summed E-state index contributed by atoms with van der Waals surface area (Å²) in [5.74, 6) is 0. The van der Waals surface area contributed by atoms with E-state index in [9.17, 15) is 0 Å². The lowest BCUT2D eigenvalue weighted by Crippen LogP contribution is -1.91. The fourth-order valence-corrected chi connectivity index (χ4v) is 0.471. The van der Waals surface area contributed by atoms with E-state index >= 15 is 0 Å². The van der Waals surface area contributed by atoms with Crippen molar-refractivity contribution < 1.29 is 4.52 Å². The molecule has 0 N–H and O–H groups in total. The molecular formula is C3H7Cl2OP. The van der Waals surface area contributed by atoms with E-state index in [4.69, 9.17) is 23.2 Å². The first kappa shape index (κ1) is 7.97. The van der Waals surface area contributed by atoms with Crippen LogP contribution in [0.2, 0.25) is 0 Å². The summed E-state index contributed by atoms with van der Waals surface area (Å²) in [6.45, 7) is 0.600. The molecule has 0 aliphatic carbocycles. The van der Waals surface area contributed by atoms with Crippen molar-refractivity contribution in [2.45, 2.75) is 11.3 Å². The Morgan fingerprint density at radius 3 is 2.29 bits per heavy atom. The van der Waals surface area contributed by atoms with Crippen LogP contribution in [0.4, 0.5) is 0 Å². The Bertz CT molecular complexity index is 41.9. The second-order valence-electron chi connectivity index (χ2n) is 1.05. The Labute approximate surface area is 55.6 Å². The quantitative estimate of drug-likeness (QED) is 0.454. The average molecular weight is 161 g/mol. The molecule has 0 aromatic heterocycles. The molecule has 1 atom stereocenters. The third kappa shape index (κ3) is 6.97. The van der Waals surface area contributed by atoms with Gasteiger partial charge in [0.2, 0.25) is 0 Å². The van der Waals surface area contributed by atoms with Crippen molar-refractivity contribution in [2.75, 3.05) is 6.61 Å². The maximum Gasteiger partial charge on any atom is 0.110 e. The van der Waals surface area contributed by atoms with Gasteiger partial charge in [0, 0.05) is 15.9 Å². The first-order chi connectivity index (χ1) is 3.27. The molecule has 1 nitrogen and oxygen atoms in total. The highest BCUT2D eigenvalue weighted by atomic mass is 35.5. The Hall–Kier alpha value is 0.970. The van der Waals surface area contributed by atoms with Crippen molar-refractivity contribution in [3.8, 4) is 0 Å². The number of halogens is 2. The van der Waals surface area contributed by atoms with Gasteiger partial charge in [0.05, 0.1) is 6.61 Å². The van der Waals surface area contributed by atoms with Crippen LogP contribution in [0, 0.1) is 0 Å². The van der Waals surface area contributed by atoms with E-state index in [1.165, 1.54) is 0 Å². The molecule has 7 heavy (non-hydrogen) atoms. The van der Waals surface area contributed by atoms with Gasteiger partial charge >= 0.3 is 0 Å². The minimum atomic E-state index is -0.291. The third-order valence-electron chi connectivity index (χ3n) is 0.454. The Balaban J connectivity index is 2.68. The molecule has 0 saturated carbocycles. The fraction of sp³-hybridized carbons (Fsp3) is 1.00. The monoisotopic (exact) mass is 160 g/mol. The number of alkyl halides is 2. The summed E-state index contributed by atoms with van der Waals surface area (Å²) in [5.41, 5.74) is 0. The summed E-state index contributed by atoms with van der Waals surface area (Å²) in [4.78, 5) is -0.291. The van der Waals surface area contributed by atoms with Crippen LogP contribution < -0.4 is 0 Å². The maximum atomic E-state index is 5.33. The molecule has 0 fully saturated rings. The van der Waals surface area contributed by atoms with Gasteiger partial charge in [-0.1, -0.05) is 0 Å². The molecule has 0 saturated heterocycles. The molecule has 0 bridgehead atoms. The van der Waals surface area contributed by atoms with Crippen LogP contribution >= 0.6 is 32.7 Å². The van der Waals surface area contributed by atoms with Crippen molar-refractivity contribution in [1.82, 2.24) is 0 Å². The molecule has 4 heteroatoms. The number of hydrogen-bond donors (Lipinski definition) is 0. The van der Waals surface area contributed by atoms with Crippen LogP contribution in [0.1, 0.15) is 6.42 Å². The van der Waals surface area contributed by atoms with Crippen molar-refractivity contribution in [3.05, 3.63) is 0 Å². The van der Waals surface area contributed by atoms with E-state index in [-0.39, 0.29) is 4.84 Å². The largest absolute Gasteiger partial charge is 0.366 e. The van der Waals surface area contributed by atoms with Gasteiger partial charge in [0.1, 0.15) is 4.84 Å². The maximum absolute atomic E-state index is 5.33. The smallest absolute Gasteiger partial charge is 0.110 e. The predicted molar refractivity (Wildman–Crippen MR) is 35.8 cm³/mol. The van der Waals surface area contributed by atoms with Gasteiger partial charge in [0.15, 0.2) is 0 Å². The van der Waals surface area contributed by atoms with Gasteiger partial charge in [-0.15, -0.1) is 23.2 Å². The van der Waals surface area contributed by atoms with E-state index in [1.54, 1.807) is 0 Å². The zero-order chi connectivity index (χ0) is 5.70. The molecular weight excluding hydrogens is 154 g/mol. The molecule has 0 heterocycles. The zero-order valence-corrected chi connectivity index (χ0v) is 6.40. The molecule has 0 aromatic carbocycles. The van der Waals surface area contributed by atoms with Gasteiger partial charge in [-0.05, 0) is 0 Å². The average Bonchev–Trinajstić information content (AvgIpc) is 1.61. The fourth-order valence-electron chi connectivity index (χ4n) is 0.157. The van der Waals surface area contributed by atoms with Gasteiger partial charge in [0.25, 0.3) is 0 Å². The molecule has 0 aliphatic heterocycles. The molecule has 0 aromatic rings. The highest BCUT2D eigenvalue weighted by Gasteiger charge is 1.94. The van der Waals surface area contributed by atoms with Crippen LogP contribution in [0.5, 0.6) is 0 Å². The van der Waals surface area contributed by atoms with E-state index in [1.807, 2.05) is 0 Å². The van der Waals surface area contributed by atoms with E-state index in [0.29, 0.717) is 13.0 Å². The lowest BCUT2D eigenvalue weighted by molar-refractivity contribution is 0.369. The lowest BCUT2D eigenvalue weighted by atomic mass is 10.5. The SMILES string of the molecule is POCCC(Cl)Cl. The Kier molecular flexibility index (Phi) is 5.82. The Morgan fingerprint density at radius 2 is 2.14 bits per heavy atom. The van der Waals surface area contributed by atoms with Crippen molar-refractivity contribution >= 4 is 32.7 Å². The standard InChI is InChI=1S/C3H7Cl2OP/c4-3(5)1-2-6-7/h3H,1-2,7H2. The number of rotatable bonds is 3. The summed E-state index contributed by atoms with van der Waals surface area (Å²) in [6.07, 6.45) is 0.687. The van der Waals surface area contributed by atoms with Gasteiger partial charge < -0.3 is 4.52 Å². The van der Waals surface area contributed by atoms with Crippen molar-refractivity contribution in [3.63, 3.8) is 0 Å². The third-order valence-corrected chi connectivity index (χ3v) is 1.13. The molecule has 1 unspecified atom stereocenters. The highest BCUT2D eigenvalue weighted by molar-refractivity contribution is 7.09. The molecule has 44 valence electrons. The summed E-state index contributed by atoms with van der Waals surface area (Å²) < 4.78 is 4.60. The Morgan fingerprint density at radius 1 is 1.57 bits per heavy atom. The van der Waals surface area contributed by atoms with Crippen LogP contribution in [0.15, 0.2) is 0 Å². The summed E-state index contributed by atoms with van der Waals surface area (Å²) in [7, 11) is 2.13. The molecule has 0 spiro atoms. The second kappa shape index (κ2) is 5.11. The first-order valence-corrected chi connectivity index (χ1v) is 3.21. The minimum absolute atomic E-state index is 0.291. The lowest BCUT2D eigenvalue weighted by Gasteiger charge is -1.95. The molecule has 0 rings (SSSR count). The molecule has 0 amide bonds. The van der Waals surface area contributed by atoms with Crippen molar-refractivity contribution in [1.29, 1.82) is 0 Å². The van der Waals surface area contributed by atoms with E-state index in [0.717, 1.165) is 0 Å². The second-order valence-corrected chi connectivity index (χ2v) is 2.66. The van der Waals surface area contributed by atoms with Crippen LogP contribution in [0.3, 0.4) is 0 Å². The van der Waals surface area contributed by atoms with Crippen LogP contribution in [-0.2, 0) is 4.52 Å². The van der Waals surface area contributed by atoms with Crippen LogP contribution in [-0.4, -0.2) is 11.4 Å². The predicted octanol–water partition coefficient (Wildman–Crippen LogP) is 1.99. The summed E-state index contributed by atoms with van der Waals surface area (Å²) in [6, 6.07) is 0. The normalized spacial score (nSPS) is 10.3. The van der Waals surface area contributed by atoms with Gasteiger partial charge in [-0.25, -0.2) is 0 Å². The summed E-state index contributed by atoms with van der Waals surface area (Å²) >= 11 is 10.7. The van der Waals surface area contributed by atoms with Crippen molar-refractivity contribution in [2.24, 2.45) is 0 Å². The topological polar surface area (TPSA) is 9.23 Å². The number of hydrogen-bond acceptors (Lipinski definition) is 1. The van der Waals surface area contributed by atoms with Gasteiger partial charge in [-0.2, -0.15) is 0 Å². The molecule has 0 aliphatic rings.